The van der Waals surface area contributed by atoms with Crippen LogP contribution in [0, 0.1) is 0 Å². The Morgan fingerprint density at radius 3 is 1.11 bits per heavy atom. The molecular weight excluding hydrogens is 599 g/mol. The van der Waals surface area contributed by atoms with Crippen molar-refractivity contribution in [3.8, 4) is 5.75 Å². The molecule has 214 valence electrons. The van der Waals surface area contributed by atoms with E-state index in [2.05, 4.69) is 4.74 Å². The molecule has 0 atom stereocenters. The zero-order chi connectivity index (χ0) is 29.8. The first kappa shape index (κ1) is 32.5. The van der Waals surface area contributed by atoms with Gasteiger partial charge in [-0.05, 0) is 24.3 Å². The Morgan fingerprint density at radius 2 is 0.892 bits per heavy atom. The number of hydrogen-bond donors (Lipinski definition) is 0. The van der Waals surface area contributed by atoms with E-state index in [9.17, 15) is 87.6 Å². The van der Waals surface area contributed by atoms with E-state index < -0.39 is 74.3 Å². The lowest BCUT2D eigenvalue weighted by Crippen LogP contribution is -2.67. The van der Waals surface area contributed by atoms with E-state index >= 15 is 0 Å². The first-order valence-corrected chi connectivity index (χ1v) is 9.55. The summed E-state index contributed by atoms with van der Waals surface area (Å²) in [6, 6.07) is -0.790. The van der Waals surface area contributed by atoms with Crippen molar-refractivity contribution in [2.45, 2.75) is 47.1 Å². The largest absolute Gasteiger partial charge is 0.744 e. The summed E-state index contributed by atoms with van der Waals surface area (Å²) in [5.74, 6) is -6.74. The monoisotopic (exact) mass is 603 g/mol. The molecule has 22 heteroatoms. The van der Waals surface area contributed by atoms with E-state index in [1.807, 2.05) is 0 Å². The molecule has 0 spiro atoms. The van der Waals surface area contributed by atoms with Gasteiger partial charge in [-0.1, -0.05) is 0 Å². The quantitative estimate of drug-likeness (QED) is 0.221. The van der Waals surface area contributed by atoms with Crippen molar-refractivity contribution < 1.29 is 92.3 Å². The van der Waals surface area contributed by atoms with Gasteiger partial charge in [0.05, 0.1) is 10.5 Å². The standard InChI is InChI=1S/C15H5F17O4S/c16-9(12(21,22)23,13(24,25)26)7(10(17,14(27,28)29)15(30,31)32)8(11(18,19)20)36-5-1-3-6(4-2-5)37(33,34)35/h1-4H,(H,33,34,35)/p-1. The molecule has 0 aliphatic heterocycles. The lowest BCUT2D eigenvalue weighted by molar-refractivity contribution is -0.365. The molecule has 0 aliphatic carbocycles. The Labute approximate surface area is 192 Å². The molecule has 0 N–H and O–H groups in total. The van der Waals surface area contributed by atoms with Crippen LogP contribution in [0.1, 0.15) is 0 Å². The maximum absolute atomic E-state index is 14.5. The van der Waals surface area contributed by atoms with E-state index in [1.165, 1.54) is 0 Å². The van der Waals surface area contributed by atoms with Gasteiger partial charge in [0.25, 0.3) is 0 Å². The maximum atomic E-state index is 14.5. The Balaban J connectivity index is 4.45. The molecule has 0 aliphatic rings. The fourth-order valence-corrected chi connectivity index (χ4v) is 2.95. The first-order chi connectivity index (χ1) is 15.9. The number of hydrogen-bond acceptors (Lipinski definition) is 4. The van der Waals surface area contributed by atoms with Crippen LogP contribution in [0.5, 0.6) is 5.75 Å². The van der Waals surface area contributed by atoms with E-state index in [0.717, 1.165) is 0 Å². The number of alkyl halides is 17. The Kier molecular flexibility index (Phi) is 7.95. The molecule has 0 unspecified atom stereocenters. The van der Waals surface area contributed by atoms with Crippen LogP contribution in [-0.2, 0) is 10.1 Å². The Morgan fingerprint density at radius 1 is 0.595 bits per heavy atom. The molecule has 0 heterocycles. The molecular formula is C15H4F17O4S-. The van der Waals surface area contributed by atoms with Crippen molar-refractivity contribution in [1.82, 2.24) is 0 Å². The van der Waals surface area contributed by atoms with Gasteiger partial charge >= 0.3 is 42.2 Å². The summed E-state index contributed by atoms with van der Waals surface area (Å²) in [5.41, 5.74) is -22.4. The fourth-order valence-electron chi connectivity index (χ4n) is 2.48. The Bertz CT molecular complexity index is 1050. The molecule has 1 aromatic carbocycles. The highest BCUT2D eigenvalue weighted by Gasteiger charge is 2.88. The van der Waals surface area contributed by atoms with Crippen molar-refractivity contribution in [3.05, 3.63) is 35.6 Å². The van der Waals surface area contributed by atoms with Gasteiger partial charge in [0.2, 0.25) is 5.76 Å². The minimum Gasteiger partial charge on any atom is -0.744 e. The van der Waals surface area contributed by atoms with Gasteiger partial charge in [-0.3, -0.25) is 0 Å². The number of allylic oxidation sites excluding steroid dienone is 2. The molecule has 0 bridgehead atoms. The van der Waals surface area contributed by atoms with Gasteiger partial charge < -0.3 is 9.29 Å². The average molecular weight is 603 g/mol. The Hall–Kier alpha value is -2.52. The van der Waals surface area contributed by atoms with Crippen molar-refractivity contribution in [3.63, 3.8) is 0 Å². The number of benzene rings is 1. The van der Waals surface area contributed by atoms with Gasteiger partial charge in [0, 0.05) is 0 Å². The minimum atomic E-state index is -8.34. The van der Waals surface area contributed by atoms with Crippen LogP contribution in [0.15, 0.2) is 40.5 Å². The second kappa shape index (κ2) is 9.05. The third kappa shape index (κ3) is 5.82. The fraction of sp³-hybridized carbons (Fsp3) is 0.467. The SMILES string of the molecule is O=S(=O)([O-])c1ccc(OC(=C(C(F)(C(F)(F)F)C(F)(F)F)C(F)(C(F)(F)F)C(F)(F)F)C(F)(F)F)cc1. The van der Waals surface area contributed by atoms with E-state index in [-0.39, 0.29) is 24.3 Å². The zero-order valence-corrected chi connectivity index (χ0v) is 17.1. The molecule has 37 heavy (non-hydrogen) atoms. The highest BCUT2D eigenvalue weighted by molar-refractivity contribution is 7.85. The van der Waals surface area contributed by atoms with E-state index in [4.69, 9.17) is 0 Å². The molecule has 0 fully saturated rings. The smallest absolute Gasteiger partial charge is 0.449 e. The second-order valence-corrected chi connectivity index (χ2v) is 7.92. The summed E-state index contributed by atoms with van der Waals surface area (Å²) in [6.07, 6.45) is -40.0. The molecule has 0 radical (unpaired) electrons. The van der Waals surface area contributed by atoms with E-state index in [1.54, 1.807) is 0 Å². The van der Waals surface area contributed by atoms with Gasteiger partial charge in [-0.2, -0.15) is 65.9 Å². The number of rotatable bonds is 5. The van der Waals surface area contributed by atoms with Crippen LogP contribution in [0.2, 0.25) is 0 Å². The second-order valence-electron chi connectivity index (χ2n) is 6.54. The van der Waals surface area contributed by atoms with Crippen LogP contribution in [0.25, 0.3) is 0 Å². The molecule has 1 rings (SSSR count). The van der Waals surface area contributed by atoms with Crippen molar-refractivity contribution in [2.24, 2.45) is 0 Å². The molecule has 0 saturated heterocycles. The van der Waals surface area contributed by atoms with Crippen LogP contribution in [0.3, 0.4) is 0 Å². The minimum absolute atomic E-state index is 0.113. The molecule has 0 amide bonds. The summed E-state index contributed by atoms with van der Waals surface area (Å²) in [7, 11) is -5.47. The summed E-state index contributed by atoms with van der Waals surface area (Å²) < 4.78 is 262. The normalized spacial score (nSPS) is 15.0. The van der Waals surface area contributed by atoms with Crippen molar-refractivity contribution in [2.75, 3.05) is 0 Å². The van der Waals surface area contributed by atoms with Crippen LogP contribution in [0.4, 0.5) is 74.6 Å². The van der Waals surface area contributed by atoms with Crippen molar-refractivity contribution >= 4 is 10.1 Å². The lowest BCUT2D eigenvalue weighted by Gasteiger charge is -2.41. The molecule has 1 aromatic rings. The van der Waals surface area contributed by atoms with Gasteiger partial charge in [-0.15, -0.1) is 0 Å². The topological polar surface area (TPSA) is 66.4 Å². The highest BCUT2D eigenvalue weighted by atomic mass is 32.2. The van der Waals surface area contributed by atoms with Gasteiger partial charge in [0.15, 0.2) is 0 Å². The van der Waals surface area contributed by atoms with Gasteiger partial charge in [-0.25, -0.2) is 17.2 Å². The third-order valence-electron chi connectivity index (χ3n) is 4.07. The third-order valence-corrected chi connectivity index (χ3v) is 4.92. The molecule has 0 aromatic heterocycles. The first-order valence-electron chi connectivity index (χ1n) is 8.15. The van der Waals surface area contributed by atoms with Crippen LogP contribution < -0.4 is 4.74 Å². The number of halogens is 17. The number of ether oxygens (including phenoxy) is 1. The molecule has 4 nitrogen and oxygen atoms in total. The summed E-state index contributed by atoms with van der Waals surface area (Å²) >= 11 is 0. The highest BCUT2D eigenvalue weighted by Crippen LogP contribution is 2.63. The summed E-state index contributed by atoms with van der Waals surface area (Å²) in [4.78, 5) is -1.41. The van der Waals surface area contributed by atoms with Crippen LogP contribution in [-0.4, -0.2) is 55.2 Å². The predicted octanol–water partition coefficient (Wildman–Crippen LogP) is 6.45. The van der Waals surface area contributed by atoms with Gasteiger partial charge in [0.1, 0.15) is 15.9 Å². The molecule has 0 saturated carbocycles. The van der Waals surface area contributed by atoms with E-state index in [0.29, 0.717) is 0 Å². The zero-order valence-electron chi connectivity index (χ0n) is 16.3. The maximum Gasteiger partial charge on any atom is 0.449 e. The van der Waals surface area contributed by atoms with Crippen molar-refractivity contribution in [1.29, 1.82) is 0 Å². The summed E-state index contributed by atoms with van der Waals surface area (Å²) in [5, 5.41) is 0. The average Bonchev–Trinajstić information content (AvgIpc) is 2.62. The predicted molar refractivity (Wildman–Crippen MR) is 80.0 cm³/mol. The lowest BCUT2D eigenvalue weighted by atomic mass is 9.79. The van der Waals surface area contributed by atoms with Crippen LogP contribution >= 0.6 is 0 Å². The summed E-state index contributed by atoms with van der Waals surface area (Å²) in [6.45, 7) is 0.